The van der Waals surface area contributed by atoms with E-state index in [1.165, 1.54) is 0 Å². The summed E-state index contributed by atoms with van der Waals surface area (Å²) >= 11 is 0. The zero-order chi connectivity index (χ0) is 18.4. The van der Waals surface area contributed by atoms with Crippen LogP contribution in [0.25, 0.3) is 4.85 Å². The van der Waals surface area contributed by atoms with E-state index in [-0.39, 0.29) is 11.4 Å². The summed E-state index contributed by atoms with van der Waals surface area (Å²) in [6, 6.07) is 4.69. The van der Waals surface area contributed by atoms with Crippen LogP contribution >= 0.6 is 0 Å². The van der Waals surface area contributed by atoms with E-state index >= 15 is 0 Å². The third kappa shape index (κ3) is 2.96. The topological polar surface area (TPSA) is 43.0 Å². The van der Waals surface area contributed by atoms with Crippen molar-refractivity contribution in [2.24, 2.45) is 0 Å². The van der Waals surface area contributed by atoms with Crippen molar-refractivity contribution in [1.82, 2.24) is 0 Å². The standard InChI is InChI=1S/C16H8F5NO3/c1-22-8-4-7(17)5-9(6-8)24-11-3-2-10(15(18)19)12-13(11)25-16(20,21)14(12)23/h2-6,14-15,23H. The van der Waals surface area contributed by atoms with Crippen molar-refractivity contribution in [1.29, 1.82) is 0 Å². The second-order valence-corrected chi connectivity index (χ2v) is 5.12. The number of hydrogen-bond acceptors (Lipinski definition) is 3. The first-order chi connectivity index (χ1) is 11.7. The minimum atomic E-state index is -4.12. The highest BCUT2D eigenvalue weighted by molar-refractivity contribution is 5.57. The van der Waals surface area contributed by atoms with Crippen molar-refractivity contribution in [3.05, 3.63) is 58.7 Å². The highest BCUT2D eigenvalue weighted by atomic mass is 19.3. The first-order valence-corrected chi connectivity index (χ1v) is 6.78. The summed E-state index contributed by atoms with van der Waals surface area (Å²) in [5.74, 6) is -2.21. The molecule has 0 aromatic heterocycles. The largest absolute Gasteiger partial charge is 0.455 e. The second-order valence-electron chi connectivity index (χ2n) is 5.12. The Hall–Kier alpha value is -2.86. The summed E-state index contributed by atoms with van der Waals surface area (Å²) in [6.45, 7) is 6.86. The van der Waals surface area contributed by atoms with Crippen LogP contribution in [-0.4, -0.2) is 11.2 Å². The number of aliphatic hydroxyl groups excluding tert-OH is 1. The number of benzene rings is 2. The average molecular weight is 357 g/mol. The van der Waals surface area contributed by atoms with Crippen LogP contribution in [0.3, 0.4) is 0 Å². The fraction of sp³-hybridized carbons (Fsp3) is 0.188. The lowest BCUT2D eigenvalue weighted by molar-refractivity contribution is -0.224. The number of fused-ring (bicyclic) bond motifs is 1. The van der Waals surface area contributed by atoms with Crippen LogP contribution in [0, 0.1) is 12.4 Å². The molecule has 0 aliphatic carbocycles. The molecule has 0 amide bonds. The van der Waals surface area contributed by atoms with Gasteiger partial charge in [0, 0.05) is 17.2 Å². The summed E-state index contributed by atoms with van der Waals surface area (Å²) < 4.78 is 76.2. The van der Waals surface area contributed by atoms with Crippen molar-refractivity contribution in [3.8, 4) is 17.2 Å². The van der Waals surface area contributed by atoms with Gasteiger partial charge in [-0.15, -0.1) is 0 Å². The van der Waals surface area contributed by atoms with E-state index < -0.39 is 47.1 Å². The van der Waals surface area contributed by atoms with Gasteiger partial charge in [0.25, 0.3) is 6.43 Å². The van der Waals surface area contributed by atoms with Gasteiger partial charge in [-0.1, -0.05) is 0 Å². The summed E-state index contributed by atoms with van der Waals surface area (Å²) in [5.41, 5.74) is -1.73. The first kappa shape index (κ1) is 17.0. The maximum atomic E-state index is 13.6. The minimum absolute atomic E-state index is 0.109. The molecule has 1 heterocycles. The Bertz CT molecular complexity index is 879. The van der Waals surface area contributed by atoms with Crippen molar-refractivity contribution in [2.45, 2.75) is 18.6 Å². The minimum Gasteiger partial charge on any atom is -0.455 e. The van der Waals surface area contributed by atoms with Crippen LogP contribution in [0.4, 0.5) is 27.6 Å². The molecule has 1 aliphatic rings. The molecule has 9 heteroatoms. The Labute approximate surface area is 137 Å². The van der Waals surface area contributed by atoms with Crippen LogP contribution in [0.5, 0.6) is 17.2 Å². The smallest absolute Gasteiger partial charge is 0.429 e. The average Bonchev–Trinajstić information content (AvgIpc) is 2.78. The summed E-state index contributed by atoms with van der Waals surface area (Å²) in [5, 5.41) is 9.59. The molecule has 0 saturated heterocycles. The van der Waals surface area contributed by atoms with Gasteiger partial charge < -0.3 is 14.6 Å². The lowest BCUT2D eigenvalue weighted by atomic mass is 10.0. The third-order valence-electron chi connectivity index (χ3n) is 3.47. The van der Waals surface area contributed by atoms with E-state index in [9.17, 15) is 27.1 Å². The van der Waals surface area contributed by atoms with Gasteiger partial charge in [0.05, 0.1) is 6.57 Å². The molecule has 1 atom stereocenters. The monoisotopic (exact) mass is 357 g/mol. The van der Waals surface area contributed by atoms with E-state index in [0.29, 0.717) is 0 Å². The van der Waals surface area contributed by atoms with Gasteiger partial charge >= 0.3 is 6.11 Å². The Morgan fingerprint density at radius 1 is 1.24 bits per heavy atom. The summed E-state index contributed by atoms with van der Waals surface area (Å²) in [7, 11) is 0. The molecule has 0 spiro atoms. The predicted octanol–water partition coefficient (Wildman–Crippen LogP) is 5.12. The molecule has 0 fully saturated rings. The van der Waals surface area contributed by atoms with Gasteiger partial charge in [-0.05, 0) is 24.3 Å². The van der Waals surface area contributed by atoms with Crippen LogP contribution in [0.15, 0.2) is 30.3 Å². The Morgan fingerprint density at radius 2 is 1.96 bits per heavy atom. The zero-order valence-corrected chi connectivity index (χ0v) is 12.1. The van der Waals surface area contributed by atoms with Gasteiger partial charge in [0.1, 0.15) is 11.6 Å². The molecule has 3 rings (SSSR count). The van der Waals surface area contributed by atoms with Crippen molar-refractivity contribution >= 4 is 5.69 Å². The first-order valence-electron chi connectivity index (χ1n) is 6.78. The Kier molecular flexibility index (Phi) is 4.00. The molecule has 2 aromatic carbocycles. The van der Waals surface area contributed by atoms with E-state index in [1.54, 1.807) is 0 Å². The highest BCUT2D eigenvalue weighted by Gasteiger charge is 2.53. The lowest BCUT2D eigenvalue weighted by Crippen LogP contribution is -2.26. The number of ether oxygens (including phenoxy) is 2. The maximum absolute atomic E-state index is 13.6. The Morgan fingerprint density at radius 3 is 2.60 bits per heavy atom. The van der Waals surface area contributed by atoms with Gasteiger partial charge in [0.2, 0.25) is 0 Å². The number of halogens is 5. The van der Waals surface area contributed by atoms with E-state index in [4.69, 9.17) is 11.3 Å². The molecular weight excluding hydrogens is 349 g/mol. The molecule has 0 radical (unpaired) electrons. The molecule has 25 heavy (non-hydrogen) atoms. The van der Waals surface area contributed by atoms with Gasteiger partial charge in [-0.2, -0.15) is 8.78 Å². The number of hydrogen-bond donors (Lipinski definition) is 1. The SMILES string of the molecule is [C-]#[N+]c1cc(F)cc(Oc2ccc(C(F)F)c3c2OC(F)(F)C3O)c1. The van der Waals surface area contributed by atoms with E-state index in [0.717, 1.165) is 30.3 Å². The third-order valence-corrected chi connectivity index (χ3v) is 3.47. The molecule has 130 valence electrons. The number of alkyl halides is 4. The molecule has 1 unspecified atom stereocenters. The second kappa shape index (κ2) is 5.89. The van der Waals surface area contributed by atoms with Gasteiger partial charge in [-0.25, -0.2) is 18.0 Å². The quantitative estimate of drug-likeness (QED) is 0.612. The van der Waals surface area contributed by atoms with Crippen LogP contribution in [0.2, 0.25) is 0 Å². The molecule has 0 saturated carbocycles. The van der Waals surface area contributed by atoms with Crippen LogP contribution < -0.4 is 9.47 Å². The van der Waals surface area contributed by atoms with E-state index in [1.807, 2.05) is 0 Å². The van der Waals surface area contributed by atoms with Crippen LogP contribution in [-0.2, 0) is 0 Å². The van der Waals surface area contributed by atoms with E-state index in [2.05, 4.69) is 9.58 Å². The highest BCUT2D eigenvalue weighted by Crippen LogP contribution is 2.53. The zero-order valence-electron chi connectivity index (χ0n) is 12.1. The molecule has 4 nitrogen and oxygen atoms in total. The van der Waals surface area contributed by atoms with Crippen molar-refractivity contribution in [2.75, 3.05) is 0 Å². The molecule has 1 aliphatic heterocycles. The molecular formula is C16H8F5NO3. The number of aliphatic hydroxyl groups is 1. The summed E-state index contributed by atoms with van der Waals surface area (Å²) in [4.78, 5) is 3.02. The normalized spacial score (nSPS) is 17.8. The molecule has 2 aromatic rings. The molecule has 1 N–H and O–H groups in total. The van der Waals surface area contributed by atoms with Gasteiger partial charge in [-0.3, -0.25) is 0 Å². The summed E-state index contributed by atoms with van der Waals surface area (Å²) in [6.07, 6.45) is -9.84. The number of nitrogens with zero attached hydrogens (tertiary/aromatic N) is 1. The molecule has 0 bridgehead atoms. The van der Waals surface area contributed by atoms with Crippen LogP contribution in [0.1, 0.15) is 23.7 Å². The van der Waals surface area contributed by atoms with Crippen molar-refractivity contribution < 1.29 is 36.5 Å². The fourth-order valence-corrected chi connectivity index (χ4v) is 2.41. The van der Waals surface area contributed by atoms with Crippen molar-refractivity contribution in [3.63, 3.8) is 0 Å². The Balaban J connectivity index is 2.08. The van der Waals surface area contributed by atoms with Gasteiger partial charge in [0.15, 0.2) is 23.3 Å². The lowest BCUT2D eigenvalue weighted by Gasteiger charge is -2.13. The maximum Gasteiger partial charge on any atom is 0.429 e. The fourth-order valence-electron chi connectivity index (χ4n) is 2.41. The predicted molar refractivity (Wildman–Crippen MR) is 74.7 cm³/mol. The number of rotatable bonds is 3.